The molecule has 4 atom stereocenters. The molecule has 2 fully saturated rings. The van der Waals surface area contributed by atoms with Crippen LogP contribution >= 0.6 is 0 Å². The van der Waals surface area contributed by atoms with Gasteiger partial charge in [-0.1, -0.05) is 61.4 Å². The van der Waals surface area contributed by atoms with Gasteiger partial charge in [-0.2, -0.15) is 0 Å². The second-order valence-electron chi connectivity index (χ2n) is 11.9. The molecule has 2 saturated heterocycles. The first-order valence-corrected chi connectivity index (χ1v) is 15.5. The molecule has 6 rings (SSSR count). The molecule has 9 heteroatoms. The van der Waals surface area contributed by atoms with Crippen molar-refractivity contribution >= 4 is 29.3 Å². The van der Waals surface area contributed by atoms with Gasteiger partial charge in [0, 0.05) is 18.1 Å². The summed E-state index contributed by atoms with van der Waals surface area (Å²) in [6.45, 7) is 2.73. The molecule has 0 spiro atoms. The predicted octanol–water partition coefficient (Wildman–Crippen LogP) is 6.86. The number of fused-ring (bicyclic) bond motifs is 3. The number of nitro groups is 1. The highest BCUT2D eigenvalue weighted by atomic mass is 16.6. The van der Waals surface area contributed by atoms with Crippen LogP contribution in [0.15, 0.2) is 95.6 Å². The Bertz CT molecular complexity index is 1660. The molecule has 45 heavy (non-hydrogen) atoms. The van der Waals surface area contributed by atoms with Gasteiger partial charge in [-0.3, -0.25) is 19.7 Å². The molecule has 232 valence electrons. The SMILES string of the molecule is CCC/C(=C\c1cccc(O)c1)CC[C@H]1OC[C@H]2C1=C(COc1ccccc1)C[C@H]1C(=O)N(c3cccc([N+](=O)[O-])c3)C(=O)[C@H]12. The zero-order chi connectivity index (χ0) is 31.5. The van der Waals surface area contributed by atoms with Gasteiger partial charge < -0.3 is 14.6 Å². The van der Waals surface area contributed by atoms with E-state index < -0.39 is 16.8 Å². The van der Waals surface area contributed by atoms with E-state index in [0.29, 0.717) is 25.2 Å². The first kappa shape index (κ1) is 30.3. The molecule has 0 saturated carbocycles. The number of phenols is 1. The number of carbonyl (C=O) groups excluding carboxylic acids is 2. The lowest BCUT2D eigenvalue weighted by Gasteiger charge is -2.31. The largest absolute Gasteiger partial charge is 0.508 e. The molecule has 0 unspecified atom stereocenters. The minimum Gasteiger partial charge on any atom is -0.508 e. The van der Waals surface area contributed by atoms with E-state index in [1.165, 1.54) is 23.8 Å². The molecule has 0 radical (unpaired) electrons. The zero-order valence-corrected chi connectivity index (χ0v) is 25.1. The summed E-state index contributed by atoms with van der Waals surface area (Å²) < 4.78 is 12.6. The molecule has 1 N–H and O–H groups in total. The molecule has 2 heterocycles. The number of para-hydroxylation sites is 1. The summed E-state index contributed by atoms with van der Waals surface area (Å²) in [5.41, 5.74) is 4.25. The van der Waals surface area contributed by atoms with Crippen molar-refractivity contribution in [1.29, 1.82) is 0 Å². The zero-order valence-electron chi connectivity index (χ0n) is 25.1. The molecule has 2 amide bonds. The Balaban J connectivity index is 1.29. The number of nitrogens with zero attached hydrogens (tertiary/aromatic N) is 2. The number of non-ortho nitro benzene ring substituents is 1. The number of ether oxygens (including phenoxy) is 2. The summed E-state index contributed by atoms with van der Waals surface area (Å²) >= 11 is 0. The maximum absolute atomic E-state index is 13.9. The molecule has 9 nitrogen and oxygen atoms in total. The number of hydrogen-bond donors (Lipinski definition) is 1. The van der Waals surface area contributed by atoms with Crippen LogP contribution in [0.3, 0.4) is 0 Å². The number of imide groups is 1. The molecule has 0 bridgehead atoms. The Morgan fingerprint density at radius 2 is 1.82 bits per heavy atom. The van der Waals surface area contributed by atoms with Crippen LogP contribution in [0.4, 0.5) is 11.4 Å². The summed E-state index contributed by atoms with van der Waals surface area (Å²) in [6.07, 6.45) is 5.62. The Morgan fingerprint density at radius 1 is 1.02 bits per heavy atom. The van der Waals surface area contributed by atoms with Gasteiger partial charge in [0.1, 0.15) is 18.1 Å². The minimum absolute atomic E-state index is 0.176. The van der Waals surface area contributed by atoms with Gasteiger partial charge in [0.2, 0.25) is 11.8 Å². The first-order valence-electron chi connectivity index (χ1n) is 15.5. The van der Waals surface area contributed by atoms with Crippen LogP contribution in [0.5, 0.6) is 11.5 Å². The number of hydrogen-bond acceptors (Lipinski definition) is 7. The maximum Gasteiger partial charge on any atom is 0.271 e. The monoisotopic (exact) mass is 608 g/mol. The maximum atomic E-state index is 13.9. The van der Waals surface area contributed by atoms with Crippen LogP contribution < -0.4 is 9.64 Å². The lowest BCUT2D eigenvalue weighted by Crippen LogP contribution is -2.35. The van der Waals surface area contributed by atoms with Crippen LogP contribution in [0.25, 0.3) is 6.08 Å². The first-order chi connectivity index (χ1) is 21.8. The fourth-order valence-electron chi connectivity index (χ4n) is 7.05. The molecular weight excluding hydrogens is 572 g/mol. The van der Waals surface area contributed by atoms with E-state index in [0.717, 1.165) is 40.9 Å². The number of benzene rings is 3. The second kappa shape index (κ2) is 13.1. The highest BCUT2D eigenvalue weighted by Crippen LogP contribution is 2.51. The summed E-state index contributed by atoms with van der Waals surface area (Å²) in [6, 6.07) is 22.4. The van der Waals surface area contributed by atoms with E-state index in [2.05, 4.69) is 13.0 Å². The Morgan fingerprint density at radius 3 is 2.58 bits per heavy atom. The van der Waals surface area contributed by atoms with Crippen LogP contribution in [-0.2, 0) is 14.3 Å². The number of aromatic hydroxyl groups is 1. The van der Waals surface area contributed by atoms with E-state index in [-0.39, 0.29) is 47.6 Å². The summed E-state index contributed by atoms with van der Waals surface area (Å²) in [5, 5.41) is 21.4. The number of anilines is 1. The third-order valence-electron chi connectivity index (χ3n) is 9.00. The van der Waals surface area contributed by atoms with Crippen molar-refractivity contribution in [2.45, 2.75) is 45.1 Å². The molecule has 3 aromatic carbocycles. The molecule has 0 aromatic heterocycles. The van der Waals surface area contributed by atoms with Crippen molar-refractivity contribution in [3.63, 3.8) is 0 Å². The normalized spacial score (nSPS) is 22.9. The van der Waals surface area contributed by atoms with E-state index in [1.54, 1.807) is 18.2 Å². The molecule has 3 aromatic rings. The van der Waals surface area contributed by atoms with Crippen molar-refractivity contribution < 1.29 is 29.1 Å². The van der Waals surface area contributed by atoms with Crippen LogP contribution in [-0.4, -0.2) is 41.2 Å². The van der Waals surface area contributed by atoms with E-state index >= 15 is 0 Å². The number of carbonyl (C=O) groups is 2. The van der Waals surface area contributed by atoms with E-state index in [1.807, 2.05) is 42.5 Å². The Kier molecular flexibility index (Phi) is 8.80. The fourth-order valence-corrected chi connectivity index (χ4v) is 7.05. The number of allylic oxidation sites excluding steroid dienone is 1. The van der Waals surface area contributed by atoms with Gasteiger partial charge in [0.05, 0.1) is 35.2 Å². The summed E-state index contributed by atoms with van der Waals surface area (Å²) in [5.74, 6) is -1.22. The third-order valence-corrected chi connectivity index (χ3v) is 9.00. The van der Waals surface area contributed by atoms with Crippen LogP contribution in [0.2, 0.25) is 0 Å². The van der Waals surface area contributed by atoms with Gasteiger partial charge in [-0.05, 0) is 72.7 Å². The van der Waals surface area contributed by atoms with Crippen LogP contribution in [0, 0.1) is 27.9 Å². The highest BCUT2D eigenvalue weighted by molar-refractivity contribution is 6.22. The van der Waals surface area contributed by atoms with E-state index in [9.17, 15) is 24.8 Å². The highest BCUT2D eigenvalue weighted by Gasteiger charge is 2.57. The average Bonchev–Trinajstić information content (AvgIpc) is 3.57. The van der Waals surface area contributed by atoms with Gasteiger partial charge >= 0.3 is 0 Å². The van der Waals surface area contributed by atoms with Gasteiger partial charge in [-0.15, -0.1) is 0 Å². The van der Waals surface area contributed by atoms with Crippen molar-refractivity contribution in [2.75, 3.05) is 18.1 Å². The summed E-state index contributed by atoms with van der Waals surface area (Å²) in [4.78, 5) is 39.8. The second-order valence-corrected chi connectivity index (χ2v) is 11.9. The quantitative estimate of drug-likeness (QED) is 0.109. The van der Waals surface area contributed by atoms with E-state index in [4.69, 9.17) is 9.47 Å². The molecule has 3 aliphatic rings. The fraction of sp³-hybridized carbons (Fsp3) is 0.333. The third kappa shape index (κ3) is 6.26. The van der Waals surface area contributed by atoms with Crippen molar-refractivity contribution in [2.24, 2.45) is 17.8 Å². The number of rotatable bonds is 11. The lowest BCUT2D eigenvalue weighted by molar-refractivity contribution is -0.384. The standard InChI is InChI=1S/C36H36N2O7/c1-2-8-23(17-24-9-6-12-28(39)18-24)15-16-32-33-25(21-44-29-13-4-3-5-14-29)19-30-34(31(33)22-45-32)36(41)37(35(30)40)26-10-7-11-27(20-26)38(42)43/h3-7,9-14,17-18,20,30-32,34,39H,2,8,15-16,19,21-22H2,1H3/b23-17+/t30-,31+,32-,34-/m1/s1. The predicted molar refractivity (Wildman–Crippen MR) is 170 cm³/mol. The molecule has 2 aliphatic heterocycles. The van der Waals surface area contributed by atoms with Crippen molar-refractivity contribution in [3.8, 4) is 11.5 Å². The number of amides is 2. The van der Waals surface area contributed by atoms with Gasteiger partial charge in [0.25, 0.3) is 5.69 Å². The van der Waals surface area contributed by atoms with Gasteiger partial charge in [-0.25, -0.2) is 4.90 Å². The Hall–Kier alpha value is -4.76. The van der Waals surface area contributed by atoms with Crippen molar-refractivity contribution in [1.82, 2.24) is 0 Å². The van der Waals surface area contributed by atoms with Crippen molar-refractivity contribution in [3.05, 3.63) is 111 Å². The average molecular weight is 609 g/mol. The number of phenolic OH excluding ortho intramolecular Hbond substituents is 1. The molecular formula is C36H36N2O7. The molecule has 1 aliphatic carbocycles. The topological polar surface area (TPSA) is 119 Å². The van der Waals surface area contributed by atoms with Gasteiger partial charge in [0.15, 0.2) is 0 Å². The number of nitro benzene ring substituents is 1. The van der Waals surface area contributed by atoms with Crippen LogP contribution in [0.1, 0.15) is 44.6 Å². The minimum atomic E-state index is -0.602. The smallest absolute Gasteiger partial charge is 0.271 e. The lowest BCUT2D eigenvalue weighted by atomic mass is 9.69. The Labute approximate surface area is 261 Å². The summed E-state index contributed by atoms with van der Waals surface area (Å²) in [7, 11) is 0.